The van der Waals surface area contributed by atoms with E-state index in [0.29, 0.717) is 6.54 Å². The first-order chi connectivity index (χ1) is 10.6. The molecule has 0 bridgehead atoms. The Bertz CT molecular complexity index is 485. The van der Waals surface area contributed by atoms with Crippen molar-refractivity contribution in [3.63, 3.8) is 0 Å². The number of carbonyl (C=O) groups excluding carboxylic acids is 1. The van der Waals surface area contributed by atoms with E-state index in [9.17, 15) is 4.79 Å². The summed E-state index contributed by atoms with van der Waals surface area (Å²) >= 11 is 0. The van der Waals surface area contributed by atoms with Gasteiger partial charge in [-0.25, -0.2) is 0 Å². The van der Waals surface area contributed by atoms with Gasteiger partial charge in [-0.15, -0.1) is 0 Å². The maximum absolute atomic E-state index is 11.9. The van der Waals surface area contributed by atoms with Crippen LogP contribution in [0.3, 0.4) is 0 Å². The van der Waals surface area contributed by atoms with Gasteiger partial charge in [-0.2, -0.15) is 0 Å². The lowest BCUT2D eigenvalue weighted by Gasteiger charge is -2.36. The fraction of sp³-hybridized carbons (Fsp3) is 0.588. The summed E-state index contributed by atoms with van der Waals surface area (Å²) in [6.07, 6.45) is 0.966. The van der Waals surface area contributed by atoms with Gasteiger partial charge in [-0.1, -0.05) is 19.1 Å². The molecule has 1 heterocycles. The van der Waals surface area contributed by atoms with Gasteiger partial charge in [-0.05, 0) is 25.5 Å². The zero-order valence-electron chi connectivity index (χ0n) is 13.8. The van der Waals surface area contributed by atoms with Crippen molar-refractivity contribution in [3.8, 4) is 5.75 Å². The lowest BCUT2D eigenvalue weighted by molar-refractivity contribution is -0.122. The molecule has 1 aliphatic rings. The molecule has 0 aromatic heterocycles. The fourth-order valence-corrected chi connectivity index (χ4v) is 2.66. The molecule has 122 valence electrons. The minimum Gasteiger partial charge on any atom is -0.495 e. The van der Waals surface area contributed by atoms with Crippen LogP contribution in [0.4, 0.5) is 5.69 Å². The van der Waals surface area contributed by atoms with E-state index in [1.807, 2.05) is 25.1 Å². The number of ether oxygens (including phenoxy) is 1. The van der Waals surface area contributed by atoms with Gasteiger partial charge in [0.1, 0.15) is 5.75 Å². The number of para-hydroxylation sites is 2. The molecule has 0 spiro atoms. The minimum absolute atomic E-state index is 0.125. The zero-order valence-corrected chi connectivity index (χ0v) is 13.8. The number of nitrogens with one attached hydrogen (secondary N) is 1. The normalized spacial score (nSPS) is 17.1. The van der Waals surface area contributed by atoms with Crippen molar-refractivity contribution in [2.24, 2.45) is 0 Å². The molecule has 1 atom stereocenters. The standard InChI is InChI=1S/C17H27N3O2/c1-4-14(2)18-17(21)13-19-9-11-20(12-10-19)15-7-5-6-8-16(15)22-3/h5-8,14H,4,9-13H2,1-3H3,(H,18,21)/t14-/m1/s1. The van der Waals surface area contributed by atoms with Gasteiger partial charge < -0.3 is 15.0 Å². The average molecular weight is 305 g/mol. The number of hydrogen-bond donors (Lipinski definition) is 1. The summed E-state index contributed by atoms with van der Waals surface area (Å²) in [5.74, 6) is 1.03. The van der Waals surface area contributed by atoms with Crippen molar-refractivity contribution in [1.82, 2.24) is 10.2 Å². The summed E-state index contributed by atoms with van der Waals surface area (Å²) in [5, 5.41) is 3.02. The van der Waals surface area contributed by atoms with Crippen molar-refractivity contribution >= 4 is 11.6 Å². The Kier molecular flexibility index (Phi) is 6.07. The highest BCUT2D eigenvalue weighted by Crippen LogP contribution is 2.28. The van der Waals surface area contributed by atoms with Gasteiger partial charge in [0.05, 0.1) is 19.3 Å². The van der Waals surface area contributed by atoms with E-state index in [0.717, 1.165) is 44.0 Å². The molecule has 0 aliphatic carbocycles. The number of piperazine rings is 1. The fourth-order valence-electron chi connectivity index (χ4n) is 2.66. The molecule has 5 nitrogen and oxygen atoms in total. The van der Waals surface area contributed by atoms with Crippen molar-refractivity contribution in [3.05, 3.63) is 24.3 Å². The second-order valence-corrected chi connectivity index (χ2v) is 5.81. The van der Waals surface area contributed by atoms with Crippen LogP contribution in [0.15, 0.2) is 24.3 Å². The van der Waals surface area contributed by atoms with E-state index in [4.69, 9.17) is 4.74 Å². The molecular weight excluding hydrogens is 278 g/mol. The van der Waals surface area contributed by atoms with Crippen LogP contribution in [0.5, 0.6) is 5.75 Å². The van der Waals surface area contributed by atoms with Crippen LogP contribution < -0.4 is 15.0 Å². The van der Waals surface area contributed by atoms with Crippen molar-refractivity contribution in [2.45, 2.75) is 26.3 Å². The van der Waals surface area contributed by atoms with Crippen LogP contribution >= 0.6 is 0 Å². The largest absolute Gasteiger partial charge is 0.495 e. The van der Waals surface area contributed by atoms with Crippen LogP contribution in [-0.2, 0) is 4.79 Å². The van der Waals surface area contributed by atoms with Crippen LogP contribution in [0, 0.1) is 0 Å². The summed E-state index contributed by atoms with van der Waals surface area (Å²) in [6.45, 7) is 8.23. The Labute approximate surface area is 133 Å². The van der Waals surface area contributed by atoms with Gasteiger partial charge in [0, 0.05) is 32.2 Å². The molecule has 2 rings (SSSR count). The SMILES string of the molecule is CC[C@@H](C)NC(=O)CN1CCN(c2ccccc2OC)CC1. The minimum atomic E-state index is 0.125. The number of methoxy groups -OCH3 is 1. The molecule has 1 saturated heterocycles. The number of amides is 1. The number of benzene rings is 1. The smallest absolute Gasteiger partial charge is 0.234 e. The predicted molar refractivity (Wildman–Crippen MR) is 89.5 cm³/mol. The highest BCUT2D eigenvalue weighted by Gasteiger charge is 2.21. The molecule has 1 amide bonds. The monoisotopic (exact) mass is 305 g/mol. The van der Waals surface area contributed by atoms with E-state index < -0.39 is 0 Å². The lowest BCUT2D eigenvalue weighted by Crippen LogP contribution is -2.50. The van der Waals surface area contributed by atoms with Crippen LogP contribution in [0.1, 0.15) is 20.3 Å². The maximum atomic E-state index is 11.9. The van der Waals surface area contributed by atoms with Crippen molar-refractivity contribution in [1.29, 1.82) is 0 Å². The van der Waals surface area contributed by atoms with Gasteiger partial charge in [-0.3, -0.25) is 9.69 Å². The highest BCUT2D eigenvalue weighted by atomic mass is 16.5. The first kappa shape index (κ1) is 16.6. The summed E-state index contributed by atoms with van der Waals surface area (Å²) in [5.41, 5.74) is 1.13. The number of anilines is 1. The molecule has 1 aliphatic heterocycles. The molecule has 0 radical (unpaired) electrons. The third-order valence-corrected chi connectivity index (χ3v) is 4.19. The highest BCUT2D eigenvalue weighted by molar-refractivity contribution is 5.78. The predicted octanol–water partition coefficient (Wildman–Crippen LogP) is 1.73. The molecule has 1 N–H and O–H groups in total. The molecule has 22 heavy (non-hydrogen) atoms. The molecule has 5 heteroatoms. The third-order valence-electron chi connectivity index (χ3n) is 4.19. The Balaban J connectivity index is 1.84. The topological polar surface area (TPSA) is 44.8 Å². The third kappa shape index (κ3) is 4.37. The molecule has 1 aromatic rings. The maximum Gasteiger partial charge on any atom is 0.234 e. The first-order valence-corrected chi connectivity index (χ1v) is 8.03. The molecular formula is C17H27N3O2. The van der Waals surface area contributed by atoms with Gasteiger partial charge in [0.25, 0.3) is 0 Å². The van der Waals surface area contributed by atoms with E-state index >= 15 is 0 Å². The Hall–Kier alpha value is -1.75. The summed E-state index contributed by atoms with van der Waals surface area (Å²) < 4.78 is 5.43. The summed E-state index contributed by atoms with van der Waals surface area (Å²) in [7, 11) is 1.70. The molecule has 0 unspecified atom stereocenters. The number of rotatable bonds is 6. The van der Waals surface area contributed by atoms with E-state index in [2.05, 4.69) is 28.1 Å². The van der Waals surface area contributed by atoms with Crippen molar-refractivity contribution < 1.29 is 9.53 Å². The quantitative estimate of drug-likeness (QED) is 0.869. The Morgan fingerprint density at radius 2 is 1.95 bits per heavy atom. The molecule has 0 saturated carbocycles. The van der Waals surface area contributed by atoms with E-state index in [1.165, 1.54) is 0 Å². The second-order valence-electron chi connectivity index (χ2n) is 5.81. The van der Waals surface area contributed by atoms with Gasteiger partial charge in [0.2, 0.25) is 5.91 Å². The van der Waals surface area contributed by atoms with Crippen LogP contribution in [0.25, 0.3) is 0 Å². The Morgan fingerprint density at radius 1 is 1.27 bits per heavy atom. The van der Waals surface area contributed by atoms with Gasteiger partial charge in [0.15, 0.2) is 0 Å². The first-order valence-electron chi connectivity index (χ1n) is 8.03. The number of nitrogens with zero attached hydrogens (tertiary/aromatic N) is 2. The van der Waals surface area contributed by atoms with E-state index in [-0.39, 0.29) is 11.9 Å². The van der Waals surface area contributed by atoms with Crippen molar-refractivity contribution in [2.75, 3.05) is 44.7 Å². The summed E-state index contributed by atoms with van der Waals surface area (Å²) in [4.78, 5) is 16.5. The number of hydrogen-bond acceptors (Lipinski definition) is 4. The number of carbonyl (C=O) groups is 1. The second kappa shape index (κ2) is 8.03. The Morgan fingerprint density at radius 3 is 2.59 bits per heavy atom. The average Bonchev–Trinajstić information content (AvgIpc) is 2.55. The lowest BCUT2D eigenvalue weighted by atomic mass is 10.2. The molecule has 1 fully saturated rings. The van der Waals surface area contributed by atoms with Gasteiger partial charge >= 0.3 is 0 Å². The molecule has 1 aromatic carbocycles. The zero-order chi connectivity index (χ0) is 15.9. The van der Waals surface area contributed by atoms with Crippen LogP contribution in [0.2, 0.25) is 0 Å². The van der Waals surface area contributed by atoms with E-state index in [1.54, 1.807) is 7.11 Å². The summed E-state index contributed by atoms with van der Waals surface area (Å²) in [6, 6.07) is 8.34. The van der Waals surface area contributed by atoms with Crippen LogP contribution in [-0.4, -0.2) is 56.7 Å².